The van der Waals surface area contributed by atoms with Crippen LogP contribution >= 0.6 is 11.3 Å². The molecule has 0 saturated carbocycles. The lowest BCUT2D eigenvalue weighted by molar-refractivity contribution is -0.0116. The molecule has 0 amide bonds. The molecule has 2 N–H and O–H groups in total. The van der Waals surface area contributed by atoms with Crippen LogP contribution in [0.5, 0.6) is 0 Å². The number of hydrogen-bond donors (Lipinski definition) is 2. The van der Waals surface area contributed by atoms with Gasteiger partial charge in [0, 0.05) is 18.3 Å². The van der Waals surface area contributed by atoms with Crippen molar-refractivity contribution in [3.63, 3.8) is 0 Å². The van der Waals surface area contributed by atoms with Crippen molar-refractivity contribution in [2.24, 2.45) is 0 Å². The average molecular weight is 251 g/mol. The second-order valence-electron chi connectivity index (χ2n) is 3.66. The van der Waals surface area contributed by atoms with Gasteiger partial charge in [-0.25, -0.2) is 8.78 Å². The summed E-state index contributed by atoms with van der Waals surface area (Å²) in [6, 6.07) is 0. The molecular weight excluding hydrogens is 240 g/mol. The van der Waals surface area contributed by atoms with Crippen LogP contribution in [0, 0.1) is 0 Å². The molecule has 1 saturated heterocycles. The summed E-state index contributed by atoms with van der Waals surface area (Å²) in [6.07, 6.45) is 0.303. The standard InChI is InChI=1S/C8H11F2N3O2S/c9-8(10)2-1-3-12(5-8)7-11-6(4-16-7)13(14)15/h4,14-15H,1-3,5H2. The molecule has 0 spiro atoms. The van der Waals surface area contributed by atoms with Gasteiger partial charge in [-0.15, -0.1) is 16.6 Å². The molecule has 1 aliphatic heterocycles. The summed E-state index contributed by atoms with van der Waals surface area (Å²) in [4.78, 5) is 5.30. The molecule has 1 aliphatic rings. The molecule has 2 heterocycles. The van der Waals surface area contributed by atoms with Crippen molar-refractivity contribution in [3.8, 4) is 0 Å². The van der Waals surface area contributed by atoms with Crippen LogP contribution in [0.4, 0.5) is 19.7 Å². The van der Waals surface area contributed by atoms with Crippen LogP contribution in [0.25, 0.3) is 0 Å². The molecule has 1 aromatic rings. The summed E-state index contributed by atoms with van der Waals surface area (Å²) in [6.45, 7) is 0.149. The van der Waals surface area contributed by atoms with Gasteiger partial charge in [0.25, 0.3) is 5.92 Å². The first-order valence-electron chi connectivity index (χ1n) is 4.74. The van der Waals surface area contributed by atoms with Crippen LogP contribution in [-0.2, 0) is 0 Å². The summed E-state index contributed by atoms with van der Waals surface area (Å²) >= 11 is 1.10. The largest absolute Gasteiger partial charge is 0.342 e. The summed E-state index contributed by atoms with van der Waals surface area (Å²) in [7, 11) is 0. The Labute approximate surface area is 94.5 Å². The predicted molar refractivity (Wildman–Crippen MR) is 54.6 cm³/mol. The average Bonchev–Trinajstić information content (AvgIpc) is 2.64. The number of aromatic nitrogens is 1. The Balaban J connectivity index is 2.11. The van der Waals surface area contributed by atoms with Gasteiger partial charge in [-0.2, -0.15) is 4.98 Å². The van der Waals surface area contributed by atoms with E-state index in [4.69, 9.17) is 10.4 Å². The molecular formula is C8H11F2N3O2S. The van der Waals surface area contributed by atoms with Gasteiger partial charge in [-0.3, -0.25) is 10.4 Å². The lowest BCUT2D eigenvalue weighted by atomic mass is 10.1. The Morgan fingerprint density at radius 2 is 2.25 bits per heavy atom. The van der Waals surface area contributed by atoms with E-state index in [1.165, 1.54) is 10.3 Å². The molecule has 0 bridgehead atoms. The highest BCUT2D eigenvalue weighted by atomic mass is 32.1. The van der Waals surface area contributed by atoms with Crippen LogP contribution in [0.2, 0.25) is 0 Å². The zero-order valence-electron chi connectivity index (χ0n) is 8.31. The Hall–Kier alpha value is -0.990. The molecule has 0 unspecified atom stereocenters. The molecule has 0 aliphatic carbocycles. The van der Waals surface area contributed by atoms with E-state index in [0.717, 1.165) is 11.3 Å². The highest BCUT2D eigenvalue weighted by Crippen LogP contribution is 2.32. The monoisotopic (exact) mass is 251 g/mol. The Morgan fingerprint density at radius 3 is 2.81 bits per heavy atom. The minimum atomic E-state index is -2.69. The van der Waals surface area contributed by atoms with Gasteiger partial charge in [-0.1, -0.05) is 0 Å². The Kier molecular flexibility index (Phi) is 2.96. The fourth-order valence-electron chi connectivity index (χ4n) is 1.62. The van der Waals surface area contributed by atoms with E-state index in [0.29, 0.717) is 18.1 Å². The molecule has 8 heteroatoms. The lowest BCUT2D eigenvalue weighted by Crippen LogP contribution is -2.42. The number of alkyl halides is 2. The normalized spacial score (nSPS) is 19.9. The third-order valence-electron chi connectivity index (χ3n) is 2.35. The maximum Gasteiger partial charge on any atom is 0.265 e. The van der Waals surface area contributed by atoms with Crippen LogP contribution in [0.1, 0.15) is 12.8 Å². The molecule has 5 nitrogen and oxygen atoms in total. The number of halogens is 2. The number of thiazole rings is 1. The van der Waals surface area contributed by atoms with Crippen LogP contribution in [-0.4, -0.2) is 34.4 Å². The second-order valence-corrected chi connectivity index (χ2v) is 4.50. The first-order chi connectivity index (χ1) is 7.48. The first-order valence-corrected chi connectivity index (χ1v) is 5.62. The zero-order chi connectivity index (χ0) is 11.8. The van der Waals surface area contributed by atoms with Crippen molar-refractivity contribution in [1.82, 2.24) is 4.98 Å². The maximum atomic E-state index is 13.1. The van der Waals surface area contributed by atoms with Crippen molar-refractivity contribution in [2.75, 3.05) is 23.2 Å². The van der Waals surface area contributed by atoms with Crippen molar-refractivity contribution in [3.05, 3.63) is 5.38 Å². The topological polar surface area (TPSA) is 59.8 Å². The van der Waals surface area contributed by atoms with E-state index < -0.39 is 5.92 Å². The molecule has 90 valence electrons. The van der Waals surface area contributed by atoms with Crippen molar-refractivity contribution in [1.29, 1.82) is 0 Å². The van der Waals surface area contributed by atoms with Crippen LogP contribution in [0.3, 0.4) is 0 Å². The van der Waals surface area contributed by atoms with Crippen molar-refractivity contribution < 1.29 is 19.2 Å². The Bertz CT molecular complexity index is 372. The Morgan fingerprint density at radius 1 is 1.50 bits per heavy atom. The van der Waals surface area contributed by atoms with Gasteiger partial charge in [0.15, 0.2) is 10.9 Å². The fourth-order valence-corrected chi connectivity index (χ4v) is 2.43. The second kappa shape index (κ2) is 4.11. The number of hydrogen-bond acceptors (Lipinski definition) is 6. The smallest absolute Gasteiger partial charge is 0.265 e. The van der Waals surface area contributed by atoms with E-state index in [1.54, 1.807) is 0 Å². The molecule has 1 aromatic heterocycles. The predicted octanol–water partition coefficient (Wildman–Crippen LogP) is 1.96. The molecule has 0 radical (unpaired) electrons. The highest BCUT2D eigenvalue weighted by molar-refractivity contribution is 7.14. The van der Waals surface area contributed by atoms with E-state index in [9.17, 15) is 8.78 Å². The fraction of sp³-hybridized carbons (Fsp3) is 0.625. The lowest BCUT2D eigenvalue weighted by Gasteiger charge is -2.32. The first kappa shape index (κ1) is 11.5. The maximum absolute atomic E-state index is 13.1. The quantitative estimate of drug-likeness (QED) is 0.787. The van der Waals surface area contributed by atoms with Gasteiger partial charge < -0.3 is 4.90 Å². The van der Waals surface area contributed by atoms with E-state index in [-0.39, 0.29) is 24.0 Å². The van der Waals surface area contributed by atoms with Crippen molar-refractivity contribution in [2.45, 2.75) is 18.8 Å². The minimum absolute atomic E-state index is 0.0612. The molecule has 2 rings (SSSR count). The molecule has 16 heavy (non-hydrogen) atoms. The molecule has 0 atom stereocenters. The van der Waals surface area contributed by atoms with E-state index in [1.807, 2.05) is 0 Å². The highest BCUT2D eigenvalue weighted by Gasteiger charge is 2.36. The zero-order valence-corrected chi connectivity index (χ0v) is 9.12. The summed E-state index contributed by atoms with van der Waals surface area (Å²) in [5.74, 6) is -2.75. The SMILES string of the molecule is ON(O)c1csc(N2CCCC(F)(F)C2)n1. The van der Waals surface area contributed by atoms with E-state index in [2.05, 4.69) is 4.98 Å². The van der Waals surface area contributed by atoms with Gasteiger partial charge in [0.05, 0.1) is 6.54 Å². The van der Waals surface area contributed by atoms with Gasteiger partial charge >= 0.3 is 0 Å². The minimum Gasteiger partial charge on any atom is -0.342 e. The number of nitrogens with zero attached hydrogens (tertiary/aromatic N) is 3. The summed E-state index contributed by atoms with van der Waals surface area (Å²) in [5, 5.41) is 19.1. The number of piperidine rings is 1. The van der Waals surface area contributed by atoms with E-state index >= 15 is 0 Å². The van der Waals surface area contributed by atoms with Gasteiger partial charge in [0.2, 0.25) is 0 Å². The third-order valence-corrected chi connectivity index (χ3v) is 3.24. The summed E-state index contributed by atoms with van der Waals surface area (Å²) in [5.41, 5.74) is 0. The summed E-state index contributed by atoms with van der Waals surface area (Å²) < 4.78 is 26.3. The van der Waals surface area contributed by atoms with Crippen molar-refractivity contribution >= 4 is 22.3 Å². The number of rotatable bonds is 2. The molecule has 1 fully saturated rings. The molecule has 0 aromatic carbocycles. The van der Waals surface area contributed by atoms with Crippen LogP contribution in [0.15, 0.2) is 5.38 Å². The van der Waals surface area contributed by atoms with Crippen LogP contribution < -0.4 is 10.1 Å². The van der Waals surface area contributed by atoms with Gasteiger partial charge in [0.1, 0.15) is 0 Å². The van der Waals surface area contributed by atoms with Gasteiger partial charge in [-0.05, 0) is 6.42 Å². The number of anilines is 2. The third kappa shape index (κ3) is 2.39.